The van der Waals surface area contributed by atoms with Gasteiger partial charge in [0.25, 0.3) is 0 Å². The maximum absolute atomic E-state index is 6.10. The van der Waals surface area contributed by atoms with Crippen molar-refractivity contribution in [3.63, 3.8) is 0 Å². The number of hydrogen-bond acceptors (Lipinski definition) is 2. The number of hydrogen-bond donors (Lipinski definition) is 1. The quantitative estimate of drug-likeness (QED) is 0.736. The van der Waals surface area contributed by atoms with Crippen LogP contribution in [0.4, 0.5) is 5.69 Å². The standard InChI is InChI=1S/C11H8Br2ClNS/c12-8-1-2-10(9(14)4-8)15-5-7-3-11(13)16-6-7/h1-4,6,15H,5H2. The summed E-state index contributed by atoms with van der Waals surface area (Å²) in [4.78, 5) is 0. The SMILES string of the molecule is Clc1cc(Br)ccc1NCc1csc(Br)c1. The van der Waals surface area contributed by atoms with E-state index in [4.69, 9.17) is 11.6 Å². The summed E-state index contributed by atoms with van der Waals surface area (Å²) in [6.45, 7) is 0.781. The van der Waals surface area contributed by atoms with Crippen molar-refractivity contribution < 1.29 is 0 Å². The molecule has 2 aromatic rings. The van der Waals surface area contributed by atoms with Crippen LogP contribution in [0.2, 0.25) is 5.02 Å². The molecule has 0 fully saturated rings. The molecule has 0 aliphatic heterocycles. The van der Waals surface area contributed by atoms with E-state index < -0.39 is 0 Å². The van der Waals surface area contributed by atoms with E-state index in [1.165, 1.54) is 5.56 Å². The van der Waals surface area contributed by atoms with Gasteiger partial charge in [-0.1, -0.05) is 27.5 Å². The van der Waals surface area contributed by atoms with Crippen LogP contribution < -0.4 is 5.32 Å². The van der Waals surface area contributed by atoms with E-state index >= 15 is 0 Å². The van der Waals surface area contributed by atoms with Gasteiger partial charge in [0.15, 0.2) is 0 Å². The van der Waals surface area contributed by atoms with Gasteiger partial charge in [-0.2, -0.15) is 0 Å². The van der Waals surface area contributed by atoms with Crippen LogP contribution in [0.5, 0.6) is 0 Å². The van der Waals surface area contributed by atoms with Crippen LogP contribution in [0.25, 0.3) is 0 Å². The molecule has 0 unspecified atom stereocenters. The molecular formula is C11H8Br2ClNS. The summed E-state index contributed by atoms with van der Waals surface area (Å²) < 4.78 is 2.13. The van der Waals surface area contributed by atoms with Crippen LogP contribution in [0.15, 0.2) is 37.9 Å². The summed E-state index contributed by atoms with van der Waals surface area (Å²) in [7, 11) is 0. The van der Waals surface area contributed by atoms with E-state index in [1.54, 1.807) is 11.3 Å². The number of benzene rings is 1. The fraction of sp³-hybridized carbons (Fsp3) is 0.0909. The number of halogens is 3. The monoisotopic (exact) mass is 379 g/mol. The van der Waals surface area contributed by atoms with Crippen LogP contribution in [-0.2, 0) is 6.54 Å². The Morgan fingerprint density at radius 1 is 1.25 bits per heavy atom. The van der Waals surface area contributed by atoms with Crippen molar-refractivity contribution >= 4 is 60.5 Å². The van der Waals surface area contributed by atoms with E-state index in [1.807, 2.05) is 18.2 Å². The summed E-state index contributed by atoms with van der Waals surface area (Å²) in [6, 6.07) is 7.92. The molecule has 1 N–H and O–H groups in total. The van der Waals surface area contributed by atoms with Crippen LogP contribution in [0.1, 0.15) is 5.56 Å². The fourth-order valence-electron chi connectivity index (χ4n) is 1.27. The van der Waals surface area contributed by atoms with E-state index in [-0.39, 0.29) is 0 Å². The molecule has 2 rings (SSSR count). The molecule has 84 valence electrons. The van der Waals surface area contributed by atoms with Gasteiger partial charge in [-0.15, -0.1) is 11.3 Å². The van der Waals surface area contributed by atoms with E-state index in [0.29, 0.717) is 0 Å². The normalized spacial score (nSPS) is 10.4. The molecule has 1 heterocycles. The lowest BCUT2D eigenvalue weighted by Gasteiger charge is -2.07. The van der Waals surface area contributed by atoms with Crippen molar-refractivity contribution in [3.8, 4) is 0 Å². The molecule has 1 nitrogen and oxygen atoms in total. The predicted octanol–water partition coefficient (Wildman–Crippen LogP) is 5.54. The van der Waals surface area contributed by atoms with Gasteiger partial charge >= 0.3 is 0 Å². The van der Waals surface area contributed by atoms with Gasteiger partial charge in [-0.25, -0.2) is 0 Å². The summed E-state index contributed by atoms with van der Waals surface area (Å²) in [5.74, 6) is 0. The first-order chi connectivity index (χ1) is 7.65. The molecule has 0 spiro atoms. The average molecular weight is 382 g/mol. The van der Waals surface area contributed by atoms with Crippen molar-refractivity contribution in [1.29, 1.82) is 0 Å². The van der Waals surface area contributed by atoms with E-state index in [9.17, 15) is 0 Å². The third kappa shape index (κ3) is 3.23. The highest BCUT2D eigenvalue weighted by Gasteiger charge is 2.01. The Labute approximate surface area is 120 Å². The van der Waals surface area contributed by atoms with Crippen molar-refractivity contribution in [1.82, 2.24) is 0 Å². The summed E-state index contributed by atoms with van der Waals surface area (Å²) in [5.41, 5.74) is 2.20. The maximum atomic E-state index is 6.10. The van der Waals surface area contributed by atoms with E-state index in [2.05, 4.69) is 48.6 Å². The summed E-state index contributed by atoms with van der Waals surface area (Å²) in [5, 5.41) is 6.14. The predicted molar refractivity (Wildman–Crippen MR) is 78.5 cm³/mol. The van der Waals surface area contributed by atoms with Gasteiger partial charge in [0.2, 0.25) is 0 Å². The average Bonchev–Trinajstić information content (AvgIpc) is 2.63. The smallest absolute Gasteiger partial charge is 0.0701 e. The largest absolute Gasteiger partial charge is 0.380 e. The van der Waals surface area contributed by atoms with Crippen molar-refractivity contribution in [2.45, 2.75) is 6.54 Å². The Balaban J connectivity index is 2.04. The Morgan fingerprint density at radius 2 is 2.06 bits per heavy atom. The lowest BCUT2D eigenvalue weighted by molar-refractivity contribution is 1.16. The Hall–Kier alpha value is -0.0300. The van der Waals surface area contributed by atoms with E-state index in [0.717, 1.165) is 25.5 Å². The molecule has 0 aliphatic rings. The molecule has 0 bridgehead atoms. The molecule has 0 atom stereocenters. The third-order valence-electron chi connectivity index (χ3n) is 2.04. The van der Waals surface area contributed by atoms with Crippen molar-refractivity contribution in [2.75, 3.05) is 5.32 Å². The molecule has 16 heavy (non-hydrogen) atoms. The molecule has 5 heteroatoms. The van der Waals surface area contributed by atoms with Gasteiger partial charge in [0.1, 0.15) is 0 Å². The first-order valence-corrected chi connectivity index (χ1v) is 7.41. The Kier molecular flexibility index (Phi) is 4.30. The van der Waals surface area contributed by atoms with Gasteiger partial charge in [-0.05, 0) is 51.1 Å². The second kappa shape index (κ2) is 5.54. The number of rotatable bonds is 3. The summed E-state index contributed by atoms with van der Waals surface area (Å²) >= 11 is 14.6. The highest BCUT2D eigenvalue weighted by atomic mass is 79.9. The molecule has 1 aromatic heterocycles. The zero-order valence-corrected chi connectivity index (χ0v) is 12.9. The van der Waals surface area contributed by atoms with Crippen LogP contribution in [0, 0.1) is 0 Å². The number of anilines is 1. The molecule has 0 amide bonds. The second-order valence-electron chi connectivity index (χ2n) is 3.24. The third-order valence-corrected chi connectivity index (χ3v) is 4.40. The highest BCUT2D eigenvalue weighted by molar-refractivity contribution is 9.11. The van der Waals surface area contributed by atoms with Gasteiger partial charge in [-0.3, -0.25) is 0 Å². The van der Waals surface area contributed by atoms with Gasteiger partial charge in [0.05, 0.1) is 14.5 Å². The zero-order valence-electron chi connectivity index (χ0n) is 8.14. The maximum Gasteiger partial charge on any atom is 0.0701 e. The van der Waals surface area contributed by atoms with Crippen molar-refractivity contribution in [2.24, 2.45) is 0 Å². The lowest BCUT2D eigenvalue weighted by atomic mass is 10.3. The fourth-order valence-corrected chi connectivity index (χ4v) is 3.22. The molecule has 0 aliphatic carbocycles. The van der Waals surface area contributed by atoms with Crippen LogP contribution in [-0.4, -0.2) is 0 Å². The number of thiophene rings is 1. The molecule has 0 saturated carbocycles. The van der Waals surface area contributed by atoms with Gasteiger partial charge in [0, 0.05) is 11.0 Å². The molecule has 0 saturated heterocycles. The first-order valence-electron chi connectivity index (χ1n) is 4.57. The minimum Gasteiger partial charge on any atom is -0.380 e. The topological polar surface area (TPSA) is 12.0 Å². The number of nitrogens with one attached hydrogen (secondary N) is 1. The Morgan fingerprint density at radius 3 is 2.69 bits per heavy atom. The minimum atomic E-state index is 0.726. The van der Waals surface area contributed by atoms with Crippen LogP contribution >= 0.6 is 54.8 Å². The first kappa shape index (κ1) is 12.4. The zero-order chi connectivity index (χ0) is 11.5. The second-order valence-corrected chi connectivity index (χ2v) is 6.85. The molecule has 0 radical (unpaired) electrons. The molecular weight excluding hydrogens is 373 g/mol. The van der Waals surface area contributed by atoms with Crippen LogP contribution in [0.3, 0.4) is 0 Å². The van der Waals surface area contributed by atoms with Gasteiger partial charge < -0.3 is 5.32 Å². The Bertz CT molecular complexity index is 498. The summed E-state index contributed by atoms with van der Waals surface area (Å²) in [6.07, 6.45) is 0. The highest BCUT2D eigenvalue weighted by Crippen LogP contribution is 2.27. The minimum absolute atomic E-state index is 0.726. The lowest BCUT2D eigenvalue weighted by Crippen LogP contribution is -1.98. The molecule has 1 aromatic carbocycles. The van der Waals surface area contributed by atoms with Crippen molar-refractivity contribution in [3.05, 3.63) is 48.5 Å².